The van der Waals surface area contributed by atoms with Gasteiger partial charge in [0.1, 0.15) is 0 Å². The predicted molar refractivity (Wildman–Crippen MR) is 106 cm³/mol. The van der Waals surface area contributed by atoms with E-state index in [0.717, 1.165) is 35.5 Å². The standard InChI is InChI=1S/C18H22N4O3S2/c23-15(24)12-26-16-10-20-17(27-16)21-18(25)22(14-4-2-1-3-5-14)11-13-6-8-19-9-7-13/h6-10,14H,1-5,11-12H2,(H,23,24)(H,20,21,25). The third kappa shape index (κ3) is 5.93. The van der Waals surface area contributed by atoms with E-state index in [9.17, 15) is 9.59 Å². The summed E-state index contributed by atoms with van der Waals surface area (Å²) in [4.78, 5) is 33.8. The van der Waals surface area contributed by atoms with Gasteiger partial charge in [-0.2, -0.15) is 0 Å². The number of thiazole rings is 1. The maximum absolute atomic E-state index is 13.0. The molecule has 0 atom stereocenters. The van der Waals surface area contributed by atoms with E-state index in [1.54, 1.807) is 18.6 Å². The second-order valence-electron chi connectivity index (χ2n) is 6.37. The lowest BCUT2D eigenvalue weighted by Gasteiger charge is -2.34. The smallest absolute Gasteiger partial charge is 0.324 e. The number of anilines is 1. The Balaban J connectivity index is 1.67. The van der Waals surface area contributed by atoms with E-state index in [2.05, 4.69) is 15.3 Å². The Morgan fingerprint density at radius 3 is 2.70 bits per heavy atom. The molecule has 2 N–H and O–H groups in total. The number of aliphatic carboxylic acids is 1. The molecule has 7 nitrogen and oxygen atoms in total. The molecule has 27 heavy (non-hydrogen) atoms. The fourth-order valence-corrected chi connectivity index (χ4v) is 4.71. The van der Waals surface area contributed by atoms with Crippen LogP contribution in [0.4, 0.5) is 9.93 Å². The SMILES string of the molecule is O=C(O)CSc1cnc(NC(=O)N(Cc2ccncc2)C2CCCCC2)s1. The van der Waals surface area contributed by atoms with Gasteiger partial charge in [0.2, 0.25) is 0 Å². The summed E-state index contributed by atoms with van der Waals surface area (Å²) in [6, 6.07) is 3.90. The second kappa shape index (κ2) is 9.70. The molecular weight excluding hydrogens is 384 g/mol. The minimum absolute atomic E-state index is 0.0220. The Kier molecular flexibility index (Phi) is 7.05. The molecule has 2 aromatic heterocycles. The van der Waals surface area contributed by atoms with Crippen molar-refractivity contribution in [3.05, 3.63) is 36.3 Å². The second-order valence-corrected chi connectivity index (χ2v) is 8.68. The first-order chi connectivity index (χ1) is 13.1. The number of carboxylic acids is 1. The molecule has 1 aliphatic carbocycles. The van der Waals surface area contributed by atoms with Crippen LogP contribution >= 0.6 is 23.1 Å². The van der Waals surface area contributed by atoms with Crippen LogP contribution in [0.3, 0.4) is 0 Å². The van der Waals surface area contributed by atoms with Gasteiger partial charge in [0.15, 0.2) is 5.13 Å². The number of carbonyl (C=O) groups is 2. The highest BCUT2D eigenvalue weighted by Gasteiger charge is 2.26. The zero-order chi connectivity index (χ0) is 19.1. The van der Waals surface area contributed by atoms with Gasteiger partial charge in [-0.15, -0.1) is 11.8 Å². The first-order valence-corrected chi connectivity index (χ1v) is 10.7. The molecule has 0 saturated heterocycles. The summed E-state index contributed by atoms with van der Waals surface area (Å²) in [5.41, 5.74) is 1.04. The lowest BCUT2D eigenvalue weighted by molar-refractivity contribution is -0.133. The number of rotatable bonds is 7. The number of aromatic nitrogens is 2. The normalized spacial score (nSPS) is 14.7. The Labute approximate surface area is 166 Å². The van der Waals surface area contributed by atoms with Gasteiger partial charge in [0.25, 0.3) is 0 Å². The average Bonchev–Trinajstić information content (AvgIpc) is 3.13. The molecule has 0 aromatic carbocycles. The van der Waals surface area contributed by atoms with Crippen molar-refractivity contribution >= 4 is 40.2 Å². The maximum Gasteiger partial charge on any atom is 0.324 e. The lowest BCUT2D eigenvalue weighted by atomic mass is 9.94. The number of amides is 2. The summed E-state index contributed by atoms with van der Waals surface area (Å²) >= 11 is 2.49. The Hall–Kier alpha value is -2.13. The summed E-state index contributed by atoms with van der Waals surface area (Å²) in [6.07, 6.45) is 10.6. The lowest BCUT2D eigenvalue weighted by Crippen LogP contribution is -2.43. The third-order valence-corrected chi connectivity index (χ3v) is 6.51. The summed E-state index contributed by atoms with van der Waals surface area (Å²) in [7, 11) is 0. The van der Waals surface area contributed by atoms with E-state index in [1.807, 2.05) is 17.0 Å². The van der Waals surface area contributed by atoms with Gasteiger partial charge in [-0.3, -0.25) is 15.1 Å². The number of carboxylic acid groups (broad SMARTS) is 1. The molecule has 0 aliphatic heterocycles. The van der Waals surface area contributed by atoms with Crippen LogP contribution in [0.1, 0.15) is 37.7 Å². The Bertz CT molecular complexity index is 763. The molecule has 2 aromatic rings. The summed E-state index contributed by atoms with van der Waals surface area (Å²) in [5.74, 6) is -0.897. The third-order valence-electron chi connectivity index (χ3n) is 4.41. The van der Waals surface area contributed by atoms with Crippen molar-refractivity contribution in [3.63, 3.8) is 0 Å². The van der Waals surface area contributed by atoms with Crippen molar-refractivity contribution in [2.24, 2.45) is 0 Å². The van der Waals surface area contributed by atoms with Gasteiger partial charge in [-0.1, -0.05) is 30.6 Å². The van der Waals surface area contributed by atoms with Crippen molar-refractivity contribution < 1.29 is 14.7 Å². The van der Waals surface area contributed by atoms with Crippen LogP contribution in [0.2, 0.25) is 0 Å². The molecule has 2 amide bonds. The highest BCUT2D eigenvalue weighted by atomic mass is 32.2. The average molecular weight is 407 g/mol. The fraction of sp³-hybridized carbons (Fsp3) is 0.444. The number of urea groups is 1. The van der Waals surface area contributed by atoms with Gasteiger partial charge in [-0.25, -0.2) is 9.78 Å². The predicted octanol–water partition coefficient (Wildman–Crippen LogP) is 4.08. The highest BCUT2D eigenvalue weighted by Crippen LogP contribution is 2.29. The molecule has 144 valence electrons. The van der Waals surface area contributed by atoms with Gasteiger partial charge >= 0.3 is 12.0 Å². The number of hydrogen-bond acceptors (Lipinski definition) is 6. The number of hydrogen-bond donors (Lipinski definition) is 2. The quantitative estimate of drug-likeness (QED) is 0.673. The van der Waals surface area contributed by atoms with Crippen molar-refractivity contribution in [2.45, 2.75) is 48.9 Å². The molecule has 0 bridgehead atoms. The minimum Gasteiger partial charge on any atom is -0.481 e. The zero-order valence-corrected chi connectivity index (χ0v) is 16.5. The fourth-order valence-electron chi connectivity index (χ4n) is 3.12. The van der Waals surface area contributed by atoms with Crippen LogP contribution in [0.5, 0.6) is 0 Å². The Morgan fingerprint density at radius 1 is 1.26 bits per heavy atom. The van der Waals surface area contributed by atoms with E-state index in [4.69, 9.17) is 5.11 Å². The first kappa shape index (κ1) is 19.6. The molecule has 0 spiro atoms. The number of carbonyl (C=O) groups excluding carboxylic acids is 1. The van der Waals surface area contributed by atoms with Crippen LogP contribution in [0.25, 0.3) is 0 Å². The van der Waals surface area contributed by atoms with Crippen LogP contribution in [-0.2, 0) is 11.3 Å². The molecule has 2 heterocycles. The van der Waals surface area contributed by atoms with Crippen molar-refractivity contribution in [2.75, 3.05) is 11.1 Å². The van der Waals surface area contributed by atoms with E-state index in [1.165, 1.54) is 29.5 Å². The number of nitrogens with one attached hydrogen (secondary N) is 1. The number of pyridine rings is 1. The topological polar surface area (TPSA) is 95.4 Å². The molecule has 1 saturated carbocycles. The van der Waals surface area contributed by atoms with Gasteiger partial charge < -0.3 is 10.0 Å². The monoisotopic (exact) mass is 406 g/mol. The summed E-state index contributed by atoms with van der Waals surface area (Å²) in [6.45, 7) is 0.533. The highest BCUT2D eigenvalue weighted by molar-refractivity contribution is 8.01. The Morgan fingerprint density at radius 2 is 2.00 bits per heavy atom. The van der Waals surface area contributed by atoms with E-state index in [0.29, 0.717) is 11.7 Å². The minimum atomic E-state index is -0.875. The molecule has 9 heteroatoms. The van der Waals surface area contributed by atoms with Crippen LogP contribution in [-0.4, -0.2) is 43.8 Å². The molecule has 1 fully saturated rings. The summed E-state index contributed by atoms with van der Waals surface area (Å²) < 4.78 is 0.769. The van der Waals surface area contributed by atoms with E-state index < -0.39 is 5.97 Å². The van der Waals surface area contributed by atoms with Gasteiger partial charge in [0, 0.05) is 25.0 Å². The van der Waals surface area contributed by atoms with Crippen molar-refractivity contribution in [1.29, 1.82) is 0 Å². The molecule has 3 rings (SSSR count). The molecular formula is C18H22N4O3S2. The maximum atomic E-state index is 13.0. The van der Waals surface area contributed by atoms with Crippen molar-refractivity contribution in [3.8, 4) is 0 Å². The van der Waals surface area contributed by atoms with E-state index in [-0.39, 0.29) is 17.8 Å². The van der Waals surface area contributed by atoms with Crippen molar-refractivity contribution in [1.82, 2.24) is 14.9 Å². The molecule has 0 unspecified atom stereocenters. The molecule has 0 radical (unpaired) electrons. The molecule has 1 aliphatic rings. The van der Waals surface area contributed by atoms with Crippen LogP contribution in [0, 0.1) is 0 Å². The van der Waals surface area contributed by atoms with Gasteiger partial charge in [0.05, 0.1) is 16.2 Å². The van der Waals surface area contributed by atoms with Crippen LogP contribution < -0.4 is 5.32 Å². The summed E-state index contributed by atoms with van der Waals surface area (Å²) in [5, 5.41) is 12.1. The van der Waals surface area contributed by atoms with Crippen LogP contribution in [0.15, 0.2) is 34.9 Å². The largest absolute Gasteiger partial charge is 0.481 e. The first-order valence-electron chi connectivity index (χ1n) is 8.89. The zero-order valence-electron chi connectivity index (χ0n) is 14.8. The van der Waals surface area contributed by atoms with Gasteiger partial charge in [-0.05, 0) is 30.5 Å². The number of nitrogens with zero attached hydrogens (tertiary/aromatic N) is 3. The number of thioether (sulfide) groups is 1. The van der Waals surface area contributed by atoms with E-state index >= 15 is 0 Å².